The van der Waals surface area contributed by atoms with Gasteiger partial charge in [0.05, 0.1) is 0 Å². The van der Waals surface area contributed by atoms with Gasteiger partial charge in [-0.25, -0.2) is 0 Å². The molecule has 1 amide bonds. The van der Waals surface area contributed by atoms with Gasteiger partial charge in [0, 0.05) is 29.4 Å². The van der Waals surface area contributed by atoms with Crippen molar-refractivity contribution in [2.45, 2.75) is 13.8 Å². The Morgan fingerprint density at radius 1 is 0.561 bits per heavy atom. The second-order valence-electron chi connectivity index (χ2n) is 9.90. The molecule has 41 heavy (non-hydrogen) atoms. The fourth-order valence-electron chi connectivity index (χ4n) is 5.74. The predicted octanol–water partition coefficient (Wildman–Crippen LogP) is 10.7. The van der Waals surface area contributed by atoms with Crippen molar-refractivity contribution in [1.82, 2.24) is 4.90 Å². The lowest BCUT2D eigenvalue weighted by Crippen LogP contribution is -2.30. The fraction of sp³-hybridized carbons (Fsp3) is 0.108. The third-order valence-corrected chi connectivity index (χ3v) is 9.00. The van der Waals surface area contributed by atoms with Gasteiger partial charge in [0.2, 0.25) is 0 Å². The number of amides is 1. The molecule has 0 spiro atoms. The zero-order chi connectivity index (χ0) is 28.3. The van der Waals surface area contributed by atoms with Gasteiger partial charge in [-0.15, -0.1) is 11.3 Å². The minimum absolute atomic E-state index is 0.0135. The van der Waals surface area contributed by atoms with Crippen molar-refractivity contribution in [1.29, 1.82) is 0 Å². The van der Waals surface area contributed by atoms with E-state index in [1.807, 2.05) is 43.0 Å². The van der Waals surface area contributed by atoms with Gasteiger partial charge in [-0.1, -0.05) is 133 Å². The highest BCUT2D eigenvalue weighted by atomic mass is 35.5. The van der Waals surface area contributed by atoms with Gasteiger partial charge >= 0.3 is 0 Å². The minimum atomic E-state index is 0.0135. The van der Waals surface area contributed by atoms with Gasteiger partial charge in [0.25, 0.3) is 5.91 Å². The van der Waals surface area contributed by atoms with E-state index in [1.54, 1.807) is 0 Å². The normalized spacial score (nSPS) is 11.1. The van der Waals surface area contributed by atoms with E-state index < -0.39 is 0 Å². The van der Waals surface area contributed by atoms with Crippen LogP contribution in [0.25, 0.3) is 55.3 Å². The van der Waals surface area contributed by atoms with Gasteiger partial charge < -0.3 is 4.90 Å². The maximum atomic E-state index is 14.1. The number of fused-ring (bicyclic) bond motifs is 1. The highest BCUT2D eigenvalue weighted by Crippen LogP contribution is 2.55. The zero-order valence-electron chi connectivity index (χ0n) is 23.1. The van der Waals surface area contributed by atoms with Crippen molar-refractivity contribution in [3.63, 3.8) is 0 Å². The Kier molecular flexibility index (Phi) is 7.74. The number of rotatable bonds is 7. The molecule has 0 saturated carbocycles. The third kappa shape index (κ3) is 4.86. The van der Waals surface area contributed by atoms with Crippen molar-refractivity contribution in [3.05, 3.63) is 131 Å². The number of hydrogen-bond donors (Lipinski definition) is 0. The van der Waals surface area contributed by atoms with E-state index in [0.29, 0.717) is 22.3 Å². The smallest absolute Gasteiger partial charge is 0.264 e. The summed E-state index contributed by atoms with van der Waals surface area (Å²) in [7, 11) is 0. The van der Waals surface area contributed by atoms with Crippen molar-refractivity contribution in [2.75, 3.05) is 13.1 Å². The van der Waals surface area contributed by atoms with Gasteiger partial charge in [-0.2, -0.15) is 0 Å². The van der Waals surface area contributed by atoms with E-state index in [4.69, 9.17) is 11.6 Å². The van der Waals surface area contributed by atoms with Crippen molar-refractivity contribution >= 4 is 39.6 Å². The van der Waals surface area contributed by atoms with Gasteiger partial charge in [-0.05, 0) is 52.8 Å². The summed E-state index contributed by atoms with van der Waals surface area (Å²) in [5, 5.41) is 1.84. The molecule has 6 rings (SSSR count). The molecule has 0 aliphatic heterocycles. The van der Waals surface area contributed by atoms with Crippen LogP contribution in [0, 0.1) is 0 Å². The summed E-state index contributed by atoms with van der Waals surface area (Å²) in [6.45, 7) is 5.31. The molecular formula is C37H30ClNOS. The van der Waals surface area contributed by atoms with Crippen LogP contribution in [0.3, 0.4) is 0 Å². The van der Waals surface area contributed by atoms with E-state index >= 15 is 0 Å². The lowest BCUT2D eigenvalue weighted by atomic mass is 9.79. The lowest BCUT2D eigenvalue weighted by Gasteiger charge is -2.24. The van der Waals surface area contributed by atoms with Crippen molar-refractivity contribution in [3.8, 4) is 44.5 Å². The minimum Gasteiger partial charge on any atom is -0.338 e. The topological polar surface area (TPSA) is 20.3 Å². The van der Waals surface area contributed by atoms with E-state index in [2.05, 4.69) is 97.1 Å². The van der Waals surface area contributed by atoms with Crippen molar-refractivity contribution in [2.24, 2.45) is 0 Å². The SMILES string of the molecule is CCN(CC)C(=O)c1sc(Cl)c2c(-c3ccccc3)c(-c3ccccc3)c(-c3ccccc3)c(-c3ccccc3)c12. The molecule has 0 atom stereocenters. The highest BCUT2D eigenvalue weighted by molar-refractivity contribution is 7.20. The molecule has 0 bridgehead atoms. The van der Waals surface area contributed by atoms with Crippen LogP contribution in [0.2, 0.25) is 4.34 Å². The first-order valence-corrected chi connectivity index (χ1v) is 15.2. The van der Waals surface area contributed by atoms with E-state index in [0.717, 1.165) is 55.3 Å². The van der Waals surface area contributed by atoms with Gasteiger partial charge in [0.15, 0.2) is 0 Å². The monoisotopic (exact) mass is 571 g/mol. The molecule has 6 aromatic rings. The van der Waals surface area contributed by atoms with Crippen LogP contribution in [0.4, 0.5) is 0 Å². The number of benzene rings is 5. The number of halogens is 1. The van der Waals surface area contributed by atoms with Crippen LogP contribution in [0.5, 0.6) is 0 Å². The molecule has 0 saturated heterocycles. The maximum absolute atomic E-state index is 14.1. The Morgan fingerprint density at radius 2 is 0.902 bits per heavy atom. The van der Waals surface area contributed by atoms with Gasteiger partial charge in [0.1, 0.15) is 9.21 Å². The molecule has 1 aromatic heterocycles. The quantitative estimate of drug-likeness (QED) is 0.186. The van der Waals surface area contributed by atoms with Crippen LogP contribution >= 0.6 is 22.9 Å². The summed E-state index contributed by atoms with van der Waals surface area (Å²) in [5.74, 6) is 0.0135. The Bertz CT molecular complexity index is 1810. The summed E-state index contributed by atoms with van der Waals surface area (Å²) >= 11 is 8.63. The molecule has 1 heterocycles. The van der Waals surface area contributed by atoms with Crippen molar-refractivity contribution < 1.29 is 4.79 Å². The molecule has 0 fully saturated rings. The average Bonchev–Trinajstić information content (AvgIpc) is 3.38. The molecule has 0 aliphatic rings. The number of thiophene rings is 1. The largest absolute Gasteiger partial charge is 0.338 e. The predicted molar refractivity (Wildman–Crippen MR) is 176 cm³/mol. The Balaban J connectivity index is 1.92. The first kappa shape index (κ1) is 27.0. The van der Waals surface area contributed by atoms with E-state index in [-0.39, 0.29) is 5.91 Å². The lowest BCUT2D eigenvalue weighted by molar-refractivity contribution is 0.0779. The Hall–Kier alpha value is -4.18. The van der Waals surface area contributed by atoms with Crippen LogP contribution in [-0.2, 0) is 0 Å². The second kappa shape index (κ2) is 11.7. The Labute approximate surface area is 250 Å². The summed E-state index contributed by atoms with van der Waals surface area (Å²) < 4.78 is 0.628. The molecule has 4 heteroatoms. The molecule has 2 nitrogen and oxygen atoms in total. The van der Waals surface area contributed by atoms with Crippen LogP contribution in [0.1, 0.15) is 23.5 Å². The summed E-state index contributed by atoms with van der Waals surface area (Å²) in [6, 6.07) is 41.9. The molecule has 0 unspecified atom stereocenters. The number of carbonyl (C=O) groups excluding carboxylic acids is 1. The van der Waals surface area contributed by atoms with E-state index in [9.17, 15) is 4.79 Å². The summed E-state index contributed by atoms with van der Waals surface area (Å²) in [6.07, 6.45) is 0. The molecule has 0 radical (unpaired) electrons. The van der Waals surface area contributed by atoms with Crippen LogP contribution in [-0.4, -0.2) is 23.9 Å². The second-order valence-corrected chi connectivity index (χ2v) is 11.5. The summed E-state index contributed by atoms with van der Waals surface area (Å²) in [5.41, 5.74) is 8.59. The molecule has 202 valence electrons. The number of nitrogens with zero attached hydrogens (tertiary/aromatic N) is 1. The van der Waals surface area contributed by atoms with E-state index in [1.165, 1.54) is 11.3 Å². The molecular weight excluding hydrogens is 542 g/mol. The highest BCUT2D eigenvalue weighted by Gasteiger charge is 2.31. The Morgan fingerprint density at radius 3 is 1.27 bits per heavy atom. The first-order chi connectivity index (χ1) is 20.1. The molecule has 5 aromatic carbocycles. The zero-order valence-corrected chi connectivity index (χ0v) is 24.7. The van der Waals surface area contributed by atoms with Gasteiger partial charge in [-0.3, -0.25) is 4.79 Å². The third-order valence-electron chi connectivity index (χ3n) is 7.61. The van der Waals surface area contributed by atoms with Crippen LogP contribution in [0.15, 0.2) is 121 Å². The average molecular weight is 572 g/mol. The maximum Gasteiger partial charge on any atom is 0.264 e. The fourth-order valence-corrected chi connectivity index (χ4v) is 7.17. The first-order valence-electron chi connectivity index (χ1n) is 14.0. The molecule has 0 N–H and O–H groups in total. The number of carbonyl (C=O) groups is 1. The standard InChI is InChI=1S/C37H30ClNOS/c1-3-39(4-2)37(40)35-33-31(27-21-13-7-14-22-27)29(25-17-9-5-10-18-25)30(26-19-11-6-12-20-26)32(34(33)36(38)41-35)28-23-15-8-16-24-28/h5-24H,3-4H2,1-2H3. The molecule has 0 aliphatic carbocycles. The van der Waals surface area contributed by atoms with Crippen LogP contribution < -0.4 is 0 Å². The summed E-state index contributed by atoms with van der Waals surface area (Å²) in [4.78, 5) is 16.7. The number of hydrogen-bond acceptors (Lipinski definition) is 2.